The molecule has 3 aliphatic rings. The number of amides is 1. The predicted molar refractivity (Wildman–Crippen MR) is 78.4 cm³/mol. The van der Waals surface area contributed by atoms with Crippen molar-refractivity contribution in [2.45, 2.75) is 37.0 Å². The van der Waals surface area contributed by atoms with E-state index in [4.69, 9.17) is 0 Å². The predicted octanol–water partition coefficient (Wildman–Crippen LogP) is 1.91. The van der Waals surface area contributed by atoms with Crippen LogP contribution in [0.15, 0.2) is 12.2 Å². The molecule has 4 unspecified atom stereocenters. The fraction of sp³-hybridized carbons (Fsp3) is 0.733. The summed E-state index contributed by atoms with van der Waals surface area (Å²) >= 11 is 1.86. The first kappa shape index (κ1) is 14.0. The fourth-order valence-electron chi connectivity index (χ4n) is 4.10. The molecule has 0 radical (unpaired) electrons. The van der Waals surface area contributed by atoms with E-state index in [0.717, 1.165) is 25.7 Å². The van der Waals surface area contributed by atoms with Gasteiger partial charge < -0.3 is 10.4 Å². The Bertz CT molecular complexity index is 450. The number of carboxylic acids is 1. The third-order valence-electron chi connectivity index (χ3n) is 5.11. The first-order valence-electron chi connectivity index (χ1n) is 7.34. The number of allylic oxidation sites excluding steroid dienone is 2. The van der Waals surface area contributed by atoms with Crippen LogP contribution in [-0.2, 0) is 9.59 Å². The van der Waals surface area contributed by atoms with Crippen molar-refractivity contribution in [2.24, 2.45) is 23.7 Å². The molecule has 2 bridgehead atoms. The van der Waals surface area contributed by atoms with Crippen molar-refractivity contribution in [3.63, 3.8) is 0 Å². The van der Waals surface area contributed by atoms with Crippen LogP contribution >= 0.6 is 11.8 Å². The van der Waals surface area contributed by atoms with Crippen LogP contribution in [0.1, 0.15) is 25.7 Å². The molecule has 110 valence electrons. The van der Waals surface area contributed by atoms with E-state index in [0.29, 0.717) is 5.25 Å². The van der Waals surface area contributed by atoms with Gasteiger partial charge in [-0.1, -0.05) is 12.2 Å². The second kappa shape index (κ2) is 5.43. The summed E-state index contributed by atoms with van der Waals surface area (Å²) in [5.74, 6) is -1.58. The number of carboxylic acid groups (broad SMARTS) is 1. The fourth-order valence-corrected chi connectivity index (χ4v) is 4.90. The monoisotopic (exact) mass is 295 g/mol. The summed E-state index contributed by atoms with van der Waals surface area (Å²) < 4.78 is 0. The van der Waals surface area contributed by atoms with Crippen LogP contribution in [0.4, 0.5) is 0 Å². The normalized spacial score (nSPS) is 42.0. The Balaban J connectivity index is 1.65. The number of thioether (sulfide) groups is 1. The number of nitrogens with one attached hydrogen (secondary N) is 1. The first-order chi connectivity index (χ1) is 9.60. The number of hydrogen-bond donors (Lipinski definition) is 2. The van der Waals surface area contributed by atoms with Gasteiger partial charge in [-0.05, 0) is 43.8 Å². The summed E-state index contributed by atoms with van der Waals surface area (Å²) in [5.41, 5.74) is 0. The Morgan fingerprint density at radius 3 is 2.45 bits per heavy atom. The molecule has 0 spiro atoms. The van der Waals surface area contributed by atoms with Gasteiger partial charge in [-0.2, -0.15) is 11.8 Å². The number of hydrogen-bond acceptors (Lipinski definition) is 3. The van der Waals surface area contributed by atoms with Crippen molar-refractivity contribution in [1.82, 2.24) is 5.32 Å². The highest BCUT2D eigenvalue weighted by Crippen LogP contribution is 2.48. The van der Waals surface area contributed by atoms with Crippen LogP contribution in [0.5, 0.6) is 0 Å². The molecule has 2 fully saturated rings. The first-order valence-corrected chi connectivity index (χ1v) is 8.63. The van der Waals surface area contributed by atoms with E-state index in [2.05, 4.69) is 11.6 Å². The molecule has 20 heavy (non-hydrogen) atoms. The lowest BCUT2D eigenvalue weighted by Crippen LogP contribution is -2.43. The molecule has 0 aromatic carbocycles. The number of aliphatic carboxylic acids is 1. The lowest BCUT2D eigenvalue weighted by molar-refractivity contribution is -0.148. The zero-order valence-electron chi connectivity index (χ0n) is 11.6. The van der Waals surface area contributed by atoms with Gasteiger partial charge >= 0.3 is 5.97 Å². The molecule has 3 aliphatic carbocycles. The smallest absolute Gasteiger partial charge is 0.307 e. The molecular weight excluding hydrogens is 274 g/mol. The highest BCUT2D eigenvalue weighted by atomic mass is 32.2. The second-order valence-electron chi connectivity index (χ2n) is 6.21. The summed E-state index contributed by atoms with van der Waals surface area (Å²) in [6.45, 7) is 0. The molecule has 3 rings (SSSR count). The highest BCUT2D eigenvalue weighted by Gasteiger charge is 2.51. The summed E-state index contributed by atoms with van der Waals surface area (Å²) in [6.07, 6.45) is 10.1. The summed E-state index contributed by atoms with van der Waals surface area (Å²) in [6, 6.07) is 0.234. The Morgan fingerprint density at radius 2 is 1.85 bits per heavy atom. The SMILES string of the molecule is CSC1CCC(NC(=O)[C@H]2C3C=CC(C3)[C@H]2C(=O)O)C1. The Morgan fingerprint density at radius 1 is 1.15 bits per heavy atom. The van der Waals surface area contributed by atoms with Gasteiger partial charge in [0.25, 0.3) is 0 Å². The van der Waals surface area contributed by atoms with Gasteiger partial charge in [0.2, 0.25) is 5.91 Å². The zero-order chi connectivity index (χ0) is 14.3. The minimum Gasteiger partial charge on any atom is -0.481 e. The number of carbonyl (C=O) groups excluding carboxylic acids is 1. The molecule has 5 heteroatoms. The third kappa shape index (κ3) is 2.36. The third-order valence-corrected chi connectivity index (χ3v) is 6.21. The Kier molecular flexibility index (Phi) is 3.80. The van der Waals surface area contributed by atoms with Crippen molar-refractivity contribution in [3.8, 4) is 0 Å². The topological polar surface area (TPSA) is 66.4 Å². The molecule has 0 aromatic heterocycles. The average Bonchev–Trinajstić information content (AvgIpc) is 3.12. The van der Waals surface area contributed by atoms with Crippen LogP contribution in [-0.4, -0.2) is 34.5 Å². The summed E-state index contributed by atoms with van der Waals surface area (Å²) in [4.78, 5) is 23.9. The number of carbonyl (C=O) groups is 2. The summed E-state index contributed by atoms with van der Waals surface area (Å²) in [5, 5.41) is 13.1. The van der Waals surface area contributed by atoms with Crippen molar-refractivity contribution < 1.29 is 14.7 Å². The largest absolute Gasteiger partial charge is 0.481 e. The van der Waals surface area contributed by atoms with Crippen molar-refractivity contribution >= 4 is 23.6 Å². The maximum absolute atomic E-state index is 12.5. The van der Waals surface area contributed by atoms with Gasteiger partial charge in [0, 0.05) is 11.3 Å². The number of rotatable bonds is 4. The van der Waals surface area contributed by atoms with Crippen molar-refractivity contribution in [1.29, 1.82) is 0 Å². The minimum atomic E-state index is -0.824. The van der Waals surface area contributed by atoms with Gasteiger partial charge in [0.05, 0.1) is 11.8 Å². The molecule has 0 saturated heterocycles. The molecular formula is C15H21NO3S. The van der Waals surface area contributed by atoms with Crippen LogP contribution in [0.3, 0.4) is 0 Å². The van der Waals surface area contributed by atoms with E-state index in [1.807, 2.05) is 23.9 Å². The van der Waals surface area contributed by atoms with Gasteiger partial charge in [-0.3, -0.25) is 9.59 Å². The molecule has 4 nitrogen and oxygen atoms in total. The average molecular weight is 295 g/mol. The molecule has 0 aromatic rings. The highest BCUT2D eigenvalue weighted by molar-refractivity contribution is 7.99. The standard InChI is InChI=1S/C15H21NO3S/c1-20-11-5-4-10(7-11)16-14(17)12-8-2-3-9(6-8)13(12)15(18)19/h2-3,8-13H,4-7H2,1H3,(H,16,17)(H,18,19)/t8?,9?,10?,11?,12-,13+/m0/s1. The maximum Gasteiger partial charge on any atom is 0.307 e. The van der Waals surface area contributed by atoms with Gasteiger partial charge in [0.1, 0.15) is 0 Å². The van der Waals surface area contributed by atoms with Crippen molar-refractivity contribution in [2.75, 3.05) is 6.26 Å². The van der Waals surface area contributed by atoms with E-state index in [-0.39, 0.29) is 29.7 Å². The van der Waals surface area contributed by atoms with Gasteiger partial charge in [-0.25, -0.2) is 0 Å². The number of fused-ring (bicyclic) bond motifs is 2. The summed E-state index contributed by atoms with van der Waals surface area (Å²) in [7, 11) is 0. The van der Waals surface area contributed by atoms with Crippen LogP contribution in [0, 0.1) is 23.7 Å². The van der Waals surface area contributed by atoms with E-state index in [9.17, 15) is 14.7 Å². The molecule has 0 aliphatic heterocycles. The minimum absolute atomic E-state index is 0.0407. The van der Waals surface area contributed by atoms with Crippen LogP contribution < -0.4 is 5.32 Å². The maximum atomic E-state index is 12.5. The molecule has 0 heterocycles. The zero-order valence-corrected chi connectivity index (χ0v) is 12.4. The Hall–Kier alpha value is -0.970. The lowest BCUT2D eigenvalue weighted by Gasteiger charge is -2.25. The van der Waals surface area contributed by atoms with E-state index in [1.54, 1.807) is 0 Å². The lowest BCUT2D eigenvalue weighted by atomic mass is 9.82. The molecule has 1 amide bonds. The van der Waals surface area contributed by atoms with Gasteiger partial charge in [-0.15, -0.1) is 0 Å². The van der Waals surface area contributed by atoms with Crippen LogP contribution in [0.25, 0.3) is 0 Å². The molecule has 6 atom stereocenters. The molecule has 2 N–H and O–H groups in total. The molecule has 2 saturated carbocycles. The second-order valence-corrected chi connectivity index (χ2v) is 7.35. The van der Waals surface area contributed by atoms with E-state index in [1.165, 1.54) is 0 Å². The van der Waals surface area contributed by atoms with Crippen LogP contribution in [0.2, 0.25) is 0 Å². The van der Waals surface area contributed by atoms with E-state index >= 15 is 0 Å². The van der Waals surface area contributed by atoms with Gasteiger partial charge in [0.15, 0.2) is 0 Å². The quantitative estimate of drug-likeness (QED) is 0.778. The van der Waals surface area contributed by atoms with E-state index < -0.39 is 11.9 Å². The Labute approximate surface area is 123 Å². The van der Waals surface area contributed by atoms with Crippen molar-refractivity contribution in [3.05, 3.63) is 12.2 Å².